The van der Waals surface area contributed by atoms with Gasteiger partial charge in [-0.3, -0.25) is 4.79 Å². The first-order valence-electron chi connectivity index (χ1n) is 7.29. The van der Waals surface area contributed by atoms with Gasteiger partial charge in [0.05, 0.1) is 6.04 Å². The number of nitrogens with zero attached hydrogens (tertiary/aromatic N) is 6. The Morgan fingerprint density at radius 2 is 2.18 bits per heavy atom. The molecular weight excluding hydrogens is 280 g/mol. The second kappa shape index (κ2) is 4.66. The number of rotatable bonds is 1. The zero-order chi connectivity index (χ0) is 15.3. The van der Waals surface area contributed by atoms with Crippen molar-refractivity contribution >= 4 is 11.7 Å². The van der Waals surface area contributed by atoms with Crippen LogP contribution < -0.4 is 0 Å². The fourth-order valence-corrected chi connectivity index (χ4v) is 2.98. The Morgan fingerprint density at radius 3 is 3.00 bits per heavy atom. The van der Waals surface area contributed by atoms with Crippen LogP contribution in [0, 0.1) is 6.92 Å². The van der Waals surface area contributed by atoms with E-state index in [0.29, 0.717) is 12.3 Å². The zero-order valence-corrected chi connectivity index (χ0v) is 12.5. The van der Waals surface area contributed by atoms with Crippen LogP contribution in [-0.4, -0.2) is 41.5 Å². The molecule has 4 rings (SSSR count). The second-order valence-corrected chi connectivity index (χ2v) is 5.53. The predicted molar refractivity (Wildman–Crippen MR) is 79.4 cm³/mol. The summed E-state index contributed by atoms with van der Waals surface area (Å²) in [6.07, 6.45) is 3.72. The lowest BCUT2D eigenvalue weighted by atomic mass is 10.1. The molecule has 7 nitrogen and oxygen atoms in total. The van der Waals surface area contributed by atoms with Gasteiger partial charge in [0.25, 0.3) is 11.7 Å². The van der Waals surface area contributed by atoms with Crippen LogP contribution in [0.2, 0.25) is 0 Å². The summed E-state index contributed by atoms with van der Waals surface area (Å²) in [7, 11) is 0. The molecule has 0 radical (unpaired) electrons. The molecule has 7 heteroatoms. The number of carbonyl (C=O) groups excluding carboxylic acids is 1. The molecule has 0 aliphatic carbocycles. The Kier molecular flexibility index (Phi) is 2.75. The highest BCUT2D eigenvalue weighted by Crippen LogP contribution is 2.26. The Balaban J connectivity index is 1.70. The van der Waals surface area contributed by atoms with Gasteiger partial charge < -0.3 is 9.47 Å². The van der Waals surface area contributed by atoms with Gasteiger partial charge in [0.1, 0.15) is 0 Å². The molecule has 3 aromatic heterocycles. The third kappa shape index (κ3) is 1.82. The van der Waals surface area contributed by atoms with E-state index < -0.39 is 0 Å². The minimum Gasteiger partial charge on any atom is -0.348 e. The number of carbonyl (C=O) groups is 1. The molecule has 0 bridgehead atoms. The van der Waals surface area contributed by atoms with E-state index in [2.05, 4.69) is 19.6 Å². The Hall–Kier alpha value is -2.70. The van der Waals surface area contributed by atoms with Gasteiger partial charge in [0.2, 0.25) is 5.82 Å². The summed E-state index contributed by atoms with van der Waals surface area (Å²) in [6.45, 7) is 5.39. The average molecular weight is 296 g/mol. The fourth-order valence-electron chi connectivity index (χ4n) is 2.98. The topological polar surface area (TPSA) is 68.3 Å². The number of aryl methyl sites for hydroxylation is 1. The van der Waals surface area contributed by atoms with E-state index in [9.17, 15) is 4.79 Å². The monoisotopic (exact) mass is 296 g/mol. The highest BCUT2D eigenvalue weighted by molar-refractivity contribution is 5.91. The van der Waals surface area contributed by atoms with Gasteiger partial charge in [0.15, 0.2) is 0 Å². The van der Waals surface area contributed by atoms with Gasteiger partial charge in [-0.25, -0.2) is 9.50 Å². The highest BCUT2D eigenvalue weighted by Gasteiger charge is 2.30. The molecule has 1 amide bonds. The minimum absolute atomic E-state index is 0.0110. The maximum Gasteiger partial charge on any atom is 0.294 e. The molecule has 112 valence electrons. The van der Waals surface area contributed by atoms with Crippen LogP contribution in [0.3, 0.4) is 0 Å². The van der Waals surface area contributed by atoms with Crippen LogP contribution >= 0.6 is 0 Å². The van der Waals surface area contributed by atoms with Gasteiger partial charge in [-0.05, 0) is 32.0 Å². The molecule has 0 aromatic carbocycles. The zero-order valence-electron chi connectivity index (χ0n) is 12.5. The quantitative estimate of drug-likeness (QED) is 0.681. The average Bonchev–Trinajstić information content (AvgIpc) is 3.14. The maximum absolute atomic E-state index is 12.8. The SMILES string of the molecule is Cc1ccnc2nc(C(=O)N3CCn4cccc4[C@@H]3C)nn12. The van der Waals surface area contributed by atoms with Crippen LogP contribution in [0.4, 0.5) is 0 Å². The molecule has 1 atom stereocenters. The van der Waals surface area contributed by atoms with E-state index in [0.717, 1.165) is 17.9 Å². The van der Waals surface area contributed by atoms with E-state index in [1.54, 1.807) is 10.7 Å². The molecule has 4 heterocycles. The minimum atomic E-state index is -0.148. The van der Waals surface area contributed by atoms with Gasteiger partial charge >= 0.3 is 0 Å². The summed E-state index contributed by atoms with van der Waals surface area (Å²) in [6, 6.07) is 5.91. The summed E-state index contributed by atoms with van der Waals surface area (Å²) >= 11 is 0. The van der Waals surface area contributed by atoms with Crippen LogP contribution in [0.15, 0.2) is 30.6 Å². The largest absolute Gasteiger partial charge is 0.348 e. The van der Waals surface area contributed by atoms with Crippen LogP contribution in [-0.2, 0) is 6.54 Å². The molecule has 0 unspecified atom stereocenters. The molecule has 0 saturated heterocycles. The van der Waals surface area contributed by atoms with Crippen molar-refractivity contribution in [2.75, 3.05) is 6.54 Å². The number of hydrogen-bond donors (Lipinski definition) is 0. The van der Waals surface area contributed by atoms with Gasteiger partial charge in [0, 0.05) is 36.9 Å². The number of fused-ring (bicyclic) bond motifs is 2. The van der Waals surface area contributed by atoms with Crippen molar-refractivity contribution in [3.8, 4) is 0 Å². The number of hydrogen-bond acceptors (Lipinski definition) is 4. The van der Waals surface area contributed by atoms with E-state index in [1.165, 1.54) is 0 Å². The van der Waals surface area contributed by atoms with E-state index in [4.69, 9.17) is 0 Å². The first-order chi connectivity index (χ1) is 10.6. The maximum atomic E-state index is 12.8. The van der Waals surface area contributed by atoms with Gasteiger partial charge in [-0.15, -0.1) is 5.10 Å². The molecule has 22 heavy (non-hydrogen) atoms. The third-order valence-electron chi connectivity index (χ3n) is 4.22. The Morgan fingerprint density at radius 1 is 1.32 bits per heavy atom. The van der Waals surface area contributed by atoms with Crippen LogP contribution in [0.1, 0.15) is 35.0 Å². The summed E-state index contributed by atoms with van der Waals surface area (Å²) in [5, 5.41) is 4.31. The van der Waals surface area contributed by atoms with Crippen molar-refractivity contribution in [3.05, 3.63) is 47.8 Å². The van der Waals surface area contributed by atoms with E-state index >= 15 is 0 Å². The summed E-state index contributed by atoms with van der Waals surface area (Å²) in [4.78, 5) is 23.0. The normalized spacial score (nSPS) is 17.7. The standard InChI is InChI=1S/C15H16N6O/c1-10-5-6-16-15-17-13(18-21(10)15)14(22)20-9-8-19-7-3-4-12(19)11(20)2/h3-7,11H,8-9H2,1-2H3/t11-/m0/s1. The predicted octanol–water partition coefficient (Wildman–Crippen LogP) is 1.45. The fraction of sp³-hybridized carbons (Fsp3) is 0.333. The van der Waals surface area contributed by atoms with Gasteiger partial charge in [-0.2, -0.15) is 4.98 Å². The van der Waals surface area contributed by atoms with Crippen molar-refractivity contribution in [1.29, 1.82) is 0 Å². The highest BCUT2D eigenvalue weighted by atomic mass is 16.2. The van der Waals surface area contributed by atoms with Crippen LogP contribution in [0.25, 0.3) is 5.78 Å². The lowest BCUT2D eigenvalue weighted by Crippen LogP contribution is -2.41. The summed E-state index contributed by atoms with van der Waals surface area (Å²) < 4.78 is 3.78. The second-order valence-electron chi connectivity index (χ2n) is 5.53. The molecule has 0 saturated carbocycles. The Bertz CT molecular complexity index is 864. The van der Waals surface area contributed by atoms with Crippen LogP contribution in [0.5, 0.6) is 0 Å². The first-order valence-corrected chi connectivity index (χ1v) is 7.29. The summed E-state index contributed by atoms with van der Waals surface area (Å²) in [5.41, 5.74) is 2.04. The lowest BCUT2D eigenvalue weighted by Gasteiger charge is -2.34. The smallest absolute Gasteiger partial charge is 0.294 e. The van der Waals surface area contributed by atoms with E-state index in [1.807, 2.05) is 43.1 Å². The van der Waals surface area contributed by atoms with E-state index in [-0.39, 0.29) is 17.8 Å². The molecule has 0 N–H and O–H groups in total. The first kappa shape index (κ1) is 13.0. The molecule has 3 aromatic rings. The molecular formula is C15H16N6O. The number of amides is 1. The Labute approximate surface area is 127 Å². The van der Waals surface area contributed by atoms with Crippen molar-refractivity contribution in [2.45, 2.75) is 26.4 Å². The lowest BCUT2D eigenvalue weighted by molar-refractivity contribution is 0.0631. The summed E-state index contributed by atoms with van der Waals surface area (Å²) in [5.74, 6) is 0.509. The van der Waals surface area contributed by atoms with Crippen molar-refractivity contribution in [2.24, 2.45) is 0 Å². The molecule has 1 aliphatic rings. The molecule has 1 aliphatic heterocycles. The van der Waals surface area contributed by atoms with Crippen molar-refractivity contribution < 1.29 is 4.79 Å². The van der Waals surface area contributed by atoms with Gasteiger partial charge in [-0.1, -0.05) is 0 Å². The number of aromatic nitrogens is 5. The molecule has 0 fully saturated rings. The van der Waals surface area contributed by atoms with Crippen molar-refractivity contribution in [3.63, 3.8) is 0 Å². The third-order valence-corrected chi connectivity index (χ3v) is 4.22. The van der Waals surface area contributed by atoms with Crippen molar-refractivity contribution in [1.82, 2.24) is 29.0 Å². The molecule has 0 spiro atoms.